The van der Waals surface area contributed by atoms with Crippen molar-refractivity contribution in [3.8, 4) is 0 Å². The Labute approximate surface area is 144 Å². The van der Waals surface area contributed by atoms with Crippen molar-refractivity contribution in [3.63, 3.8) is 0 Å². The average molecular weight is 338 g/mol. The lowest BCUT2D eigenvalue weighted by atomic mass is 9.92. The van der Waals surface area contributed by atoms with Crippen LogP contribution in [-0.2, 0) is 14.3 Å². The molecule has 1 heterocycles. The maximum Gasteiger partial charge on any atom is 0.410 e. The molecular formula is C18H30N2O4. The van der Waals surface area contributed by atoms with Gasteiger partial charge in [0.25, 0.3) is 0 Å². The zero-order valence-corrected chi connectivity index (χ0v) is 15.3. The highest BCUT2D eigenvalue weighted by molar-refractivity contribution is 5.77. The summed E-state index contributed by atoms with van der Waals surface area (Å²) in [6, 6.07) is -0.393. The highest BCUT2D eigenvalue weighted by Gasteiger charge is 2.42. The molecule has 0 unspecified atom stereocenters. The lowest BCUT2D eigenvalue weighted by Gasteiger charge is -2.38. The molecule has 136 valence electrons. The van der Waals surface area contributed by atoms with Gasteiger partial charge in [0.2, 0.25) is 5.91 Å². The second-order valence-electron chi connectivity index (χ2n) is 7.94. The molecule has 2 atom stereocenters. The minimum atomic E-state index is -0.605. The van der Waals surface area contributed by atoms with Crippen molar-refractivity contribution >= 4 is 18.3 Å². The van der Waals surface area contributed by atoms with Gasteiger partial charge < -0.3 is 14.4 Å². The van der Waals surface area contributed by atoms with Gasteiger partial charge in [-0.05, 0) is 40.0 Å². The van der Waals surface area contributed by atoms with Crippen molar-refractivity contribution < 1.29 is 19.1 Å². The second kappa shape index (κ2) is 7.53. The molecule has 0 aromatic rings. The van der Waals surface area contributed by atoms with Crippen LogP contribution in [0.3, 0.4) is 0 Å². The third-order valence-corrected chi connectivity index (χ3v) is 4.83. The minimum absolute atomic E-state index is 0.0302. The predicted octanol–water partition coefficient (Wildman–Crippen LogP) is 2.74. The van der Waals surface area contributed by atoms with E-state index < -0.39 is 17.7 Å². The van der Waals surface area contributed by atoms with Gasteiger partial charge in [-0.1, -0.05) is 19.3 Å². The normalized spacial score (nSPS) is 25.4. The topological polar surface area (TPSA) is 66.9 Å². The van der Waals surface area contributed by atoms with E-state index in [1.165, 1.54) is 11.3 Å². The van der Waals surface area contributed by atoms with Crippen molar-refractivity contribution in [1.82, 2.24) is 9.80 Å². The molecule has 6 heteroatoms. The van der Waals surface area contributed by atoms with E-state index in [9.17, 15) is 14.4 Å². The Morgan fingerprint density at radius 2 is 1.75 bits per heavy atom. The lowest BCUT2D eigenvalue weighted by molar-refractivity contribution is -0.134. The van der Waals surface area contributed by atoms with Gasteiger partial charge in [-0.25, -0.2) is 4.79 Å². The standard InChI is InChI=1S/C18H30N2O4/c1-13(22)20(14-8-6-5-7-9-14)15-10-16(12-21)19(11-15)17(23)24-18(2,3)4/h12,14-16H,5-11H2,1-4H3/t15-,16+/m0/s1. The van der Waals surface area contributed by atoms with Gasteiger partial charge in [0.1, 0.15) is 11.9 Å². The molecule has 0 aromatic carbocycles. The molecule has 2 amide bonds. The SMILES string of the molecule is CC(=O)N(C1CCCCC1)[C@H]1C[C@H](C=O)N(C(=O)OC(C)(C)C)C1. The summed E-state index contributed by atoms with van der Waals surface area (Å²) in [7, 11) is 0. The van der Waals surface area contributed by atoms with E-state index >= 15 is 0 Å². The molecule has 1 saturated carbocycles. The lowest BCUT2D eigenvalue weighted by Crippen LogP contribution is -2.48. The Kier molecular flexibility index (Phi) is 5.88. The Hall–Kier alpha value is -1.59. The smallest absolute Gasteiger partial charge is 0.410 e. The first-order valence-corrected chi connectivity index (χ1v) is 8.96. The van der Waals surface area contributed by atoms with E-state index in [0.29, 0.717) is 13.0 Å². The van der Waals surface area contributed by atoms with Gasteiger partial charge in [-0.15, -0.1) is 0 Å². The molecule has 1 saturated heterocycles. The van der Waals surface area contributed by atoms with Crippen molar-refractivity contribution in [2.45, 2.75) is 89.9 Å². The molecule has 24 heavy (non-hydrogen) atoms. The molecule has 0 aromatic heterocycles. The molecule has 2 aliphatic rings. The quantitative estimate of drug-likeness (QED) is 0.742. The molecule has 6 nitrogen and oxygen atoms in total. The van der Waals surface area contributed by atoms with Crippen LogP contribution in [0.1, 0.15) is 66.2 Å². The van der Waals surface area contributed by atoms with E-state index in [1.54, 1.807) is 27.7 Å². The Bertz CT molecular complexity index is 480. The number of nitrogens with zero attached hydrogens (tertiary/aromatic N) is 2. The van der Waals surface area contributed by atoms with Crippen LogP contribution >= 0.6 is 0 Å². The highest BCUT2D eigenvalue weighted by atomic mass is 16.6. The first-order valence-electron chi connectivity index (χ1n) is 8.96. The zero-order valence-electron chi connectivity index (χ0n) is 15.3. The van der Waals surface area contributed by atoms with Crippen LogP contribution in [-0.4, -0.2) is 58.4 Å². The molecule has 1 aliphatic carbocycles. The predicted molar refractivity (Wildman–Crippen MR) is 90.6 cm³/mol. The van der Waals surface area contributed by atoms with E-state index in [1.807, 2.05) is 4.90 Å². The van der Waals surface area contributed by atoms with E-state index in [4.69, 9.17) is 4.74 Å². The minimum Gasteiger partial charge on any atom is -0.444 e. The number of likely N-dealkylation sites (tertiary alicyclic amines) is 1. The molecule has 0 spiro atoms. The number of hydrogen-bond donors (Lipinski definition) is 0. The fourth-order valence-corrected chi connectivity index (χ4v) is 3.88. The number of amides is 2. The van der Waals surface area contributed by atoms with Crippen molar-refractivity contribution in [3.05, 3.63) is 0 Å². The monoisotopic (exact) mass is 338 g/mol. The van der Waals surface area contributed by atoms with Crippen LogP contribution in [0.25, 0.3) is 0 Å². The van der Waals surface area contributed by atoms with Gasteiger partial charge >= 0.3 is 6.09 Å². The largest absolute Gasteiger partial charge is 0.444 e. The van der Waals surface area contributed by atoms with E-state index in [0.717, 1.165) is 32.0 Å². The molecule has 0 bridgehead atoms. The average Bonchev–Trinajstić information content (AvgIpc) is 2.90. The van der Waals surface area contributed by atoms with Crippen LogP contribution in [0.15, 0.2) is 0 Å². The van der Waals surface area contributed by atoms with Crippen molar-refractivity contribution in [1.29, 1.82) is 0 Å². The molecular weight excluding hydrogens is 308 g/mol. The summed E-state index contributed by atoms with van der Waals surface area (Å²) in [6.45, 7) is 7.36. The number of ether oxygens (including phenoxy) is 1. The van der Waals surface area contributed by atoms with Gasteiger partial charge in [0.05, 0.1) is 12.1 Å². The number of hydrogen-bond acceptors (Lipinski definition) is 4. The second-order valence-corrected chi connectivity index (χ2v) is 7.94. The maximum atomic E-state index is 12.4. The van der Waals surface area contributed by atoms with E-state index in [-0.39, 0.29) is 18.0 Å². The Morgan fingerprint density at radius 1 is 1.12 bits per heavy atom. The Morgan fingerprint density at radius 3 is 2.25 bits per heavy atom. The molecule has 0 N–H and O–H groups in total. The summed E-state index contributed by atoms with van der Waals surface area (Å²) in [4.78, 5) is 39.5. The summed E-state index contributed by atoms with van der Waals surface area (Å²) in [6.07, 6.45) is 6.31. The summed E-state index contributed by atoms with van der Waals surface area (Å²) < 4.78 is 5.41. The molecule has 2 rings (SSSR count). The number of aldehydes is 1. The van der Waals surface area contributed by atoms with Crippen LogP contribution in [0.5, 0.6) is 0 Å². The third kappa shape index (κ3) is 4.48. The number of carbonyl (C=O) groups excluding carboxylic acids is 3. The molecule has 1 aliphatic heterocycles. The third-order valence-electron chi connectivity index (χ3n) is 4.83. The maximum absolute atomic E-state index is 12.4. The molecule has 0 radical (unpaired) electrons. The number of rotatable bonds is 3. The van der Waals surface area contributed by atoms with Crippen LogP contribution in [0.2, 0.25) is 0 Å². The van der Waals surface area contributed by atoms with Crippen LogP contribution < -0.4 is 0 Å². The first kappa shape index (κ1) is 18.7. The zero-order chi connectivity index (χ0) is 17.9. The highest BCUT2D eigenvalue weighted by Crippen LogP contribution is 2.30. The van der Waals surface area contributed by atoms with E-state index in [2.05, 4.69) is 0 Å². The summed E-state index contributed by atoms with van der Waals surface area (Å²) >= 11 is 0. The van der Waals surface area contributed by atoms with Gasteiger partial charge in [-0.3, -0.25) is 9.69 Å². The fraction of sp³-hybridized carbons (Fsp3) is 0.833. The fourth-order valence-electron chi connectivity index (χ4n) is 3.88. The van der Waals surface area contributed by atoms with Crippen molar-refractivity contribution in [2.24, 2.45) is 0 Å². The first-order chi connectivity index (χ1) is 11.2. The Balaban J connectivity index is 2.11. The van der Waals surface area contributed by atoms with Crippen molar-refractivity contribution in [2.75, 3.05) is 6.54 Å². The van der Waals surface area contributed by atoms with Crippen LogP contribution in [0.4, 0.5) is 4.79 Å². The molecule has 2 fully saturated rings. The van der Waals surface area contributed by atoms with Crippen LogP contribution in [0, 0.1) is 0 Å². The van der Waals surface area contributed by atoms with Gasteiger partial charge in [0, 0.05) is 19.5 Å². The number of carbonyl (C=O) groups is 3. The summed E-state index contributed by atoms with van der Waals surface area (Å²) in [5.41, 5.74) is -0.605. The van der Waals surface area contributed by atoms with Gasteiger partial charge in [-0.2, -0.15) is 0 Å². The van der Waals surface area contributed by atoms with Gasteiger partial charge in [0.15, 0.2) is 0 Å². The summed E-state index contributed by atoms with van der Waals surface area (Å²) in [5.74, 6) is 0.0302. The summed E-state index contributed by atoms with van der Waals surface area (Å²) in [5, 5.41) is 0.